The lowest BCUT2D eigenvalue weighted by Gasteiger charge is -2.10. The first-order valence-electron chi connectivity index (χ1n) is 7.02. The highest BCUT2D eigenvalue weighted by Gasteiger charge is 2.14. The number of carbonyl (C=O) groups is 1. The van der Waals surface area contributed by atoms with Gasteiger partial charge in [-0.15, -0.1) is 4.40 Å². The molecule has 136 valence electrons. The molecule has 0 aliphatic rings. The number of carbonyl (C=O) groups excluding carboxylic acids is 1. The third kappa shape index (κ3) is 5.37. The van der Waals surface area contributed by atoms with Crippen LogP contribution in [0.4, 0.5) is 5.69 Å². The van der Waals surface area contributed by atoms with Crippen LogP contribution >= 0.6 is 34.8 Å². The number of thiocarbonyl (C=S) groups is 1. The number of anilines is 1. The average Bonchev–Trinajstić information content (AvgIpc) is 2.54. The van der Waals surface area contributed by atoms with Crippen LogP contribution in [0.5, 0.6) is 0 Å². The second kappa shape index (κ2) is 8.42. The first kappa shape index (κ1) is 20.1. The quantitative estimate of drug-likeness (QED) is 0.214. The normalized spacial score (nSPS) is 10.7. The summed E-state index contributed by atoms with van der Waals surface area (Å²) in [6.07, 6.45) is 0. The SMILES string of the molecule is NC(N)=NS(=O)(=O)c1ccc(NC(=S)NC(=O)c2ccccc2I)cc1. The molecule has 0 spiro atoms. The van der Waals surface area contributed by atoms with Gasteiger partial charge in [-0.1, -0.05) is 12.1 Å². The van der Waals surface area contributed by atoms with E-state index in [1.165, 1.54) is 24.3 Å². The van der Waals surface area contributed by atoms with Crippen molar-refractivity contribution >= 4 is 67.5 Å². The van der Waals surface area contributed by atoms with Crippen LogP contribution in [0.3, 0.4) is 0 Å². The van der Waals surface area contributed by atoms with Crippen LogP contribution in [0.1, 0.15) is 10.4 Å². The fourth-order valence-corrected chi connectivity index (χ4v) is 3.59. The molecule has 0 aliphatic heterocycles. The van der Waals surface area contributed by atoms with Gasteiger partial charge in [-0.3, -0.25) is 10.1 Å². The molecule has 8 nitrogen and oxygen atoms in total. The van der Waals surface area contributed by atoms with Crippen molar-refractivity contribution in [3.63, 3.8) is 0 Å². The molecule has 26 heavy (non-hydrogen) atoms. The van der Waals surface area contributed by atoms with Crippen molar-refractivity contribution in [3.05, 3.63) is 57.7 Å². The molecule has 2 aromatic rings. The van der Waals surface area contributed by atoms with Gasteiger partial charge in [0, 0.05) is 9.26 Å². The fourth-order valence-electron chi connectivity index (χ4n) is 1.88. The number of nitrogens with two attached hydrogens (primary N) is 2. The van der Waals surface area contributed by atoms with E-state index < -0.39 is 16.0 Å². The van der Waals surface area contributed by atoms with Crippen molar-refractivity contribution in [3.8, 4) is 0 Å². The molecule has 2 aromatic carbocycles. The number of benzene rings is 2. The Labute approximate surface area is 169 Å². The number of halogens is 1. The maximum absolute atomic E-state index is 12.2. The zero-order valence-corrected chi connectivity index (χ0v) is 16.9. The lowest BCUT2D eigenvalue weighted by molar-refractivity contribution is 0.0977. The van der Waals surface area contributed by atoms with E-state index in [1.54, 1.807) is 12.1 Å². The molecule has 0 bridgehead atoms. The summed E-state index contributed by atoms with van der Waals surface area (Å²) in [6.45, 7) is 0. The van der Waals surface area contributed by atoms with E-state index in [0.717, 1.165) is 3.57 Å². The van der Waals surface area contributed by atoms with Crippen molar-refractivity contribution in [2.75, 3.05) is 5.32 Å². The summed E-state index contributed by atoms with van der Waals surface area (Å²) >= 11 is 7.16. The maximum Gasteiger partial charge on any atom is 0.285 e. The standard InChI is InChI=1S/C15H14IN5O3S2/c16-12-4-2-1-3-11(12)13(22)20-15(25)19-9-5-7-10(8-6-9)26(23,24)21-14(17)18/h1-8H,(H4,17,18,21)(H2,19,20,22,25). The highest BCUT2D eigenvalue weighted by molar-refractivity contribution is 14.1. The van der Waals surface area contributed by atoms with E-state index in [2.05, 4.69) is 37.6 Å². The molecule has 0 heterocycles. The van der Waals surface area contributed by atoms with E-state index in [4.69, 9.17) is 23.7 Å². The predicted molar refractivity (Wildman–Crippen MR) is 112 cm³/mol. The van der Waals surface area contributed by atoms with Crippen LogP contribution < -0.4 is 22.1 Å². The molecule has 0 fully saturated rings. The van der Waals surface area contributed by atoms with Crippen molar-refractivity contribution < 1.29 is 13.2 Å². The van der Waals surface area contributed by atoms with Crippen molar-refractivity contribution in [2.24, 2.45) is 15.9 Å². The number of guanidine groups is 1. The Morgan fingerprint density at radius 1 is 1.08 bits per heavy atom. The fraction of sp³-hybridized carbons (Fsp3) is 0. The second-order valence-electron chi connectivity index (χ2n) is 4.90. The van der Waals surface area contributed by atoms with Crippen LogP contribution in [0.15, 0.2) is 57.8 Å². The highest BCUT2D eigenvalue weighted by Crippen LogP contribution is 2.16. The number of hydrogen-bond donors (Lipinski definition) is 4. The Balaban J connectivity index is 2.05. The first-order valence-corrected chi connectivity index (χ1v) is 9.94. The molecule has 0 aromatic heterocycles. The van der Waals surface area contributed by atoms with Crippen molar-refractivity contribution in [2.45, 2.75) is 4.90 Å². The Hall–Kier alpha value is -2.25. The number of rotatable bonds is 4. The van der Waals surface area contributed by atoms with Crippen LogP contribution in [0.2, 0.25) is 0 Å². The van der Waals surface area contributed by atoms with Crippen molar-refractivity contribution in [1.29, 1.82) is 0 Å². The van der Waals surface area contributed by atoms with Gasteiger partial charge in [0.05, 0.1) is 10.5 Å². The van der Waals surface area contributed by atoms with Crippen LogP contribution in [0.25, 0.3) is 0 Å². The van der Waals surface area contributed by atoms with E-state index in [9.17, 15) is 13.2 Å². The molecular formula is C15H14IN5O3S2. The minimum Gasteiger partial charge on any atom is -0.369 e. The Morgan fingerprint density at radius 3 is 2.27 bits per heavy atom. The van der Waals surface area contributed by atoms with Crippen LogP contribution in [0, 0.1) is 3.57 Å². The van der Waals surface area contributed by atoms with E-state index in [-0.39, 0.29) is 15.9 Å². The molecule has 0 unspecified atom stereocenters. The third-order valence-electron chi connectivity index (χ3n) is 2.98. The van der Waals surface area contributed by atoms with Gasteiger partial charge in [-0.05, 0) is 71.2 Å². The maximum atomic E-state index is 12.2. The Bertz CT molecular complexity index is 971. The molecule has 0 radical (unpaired) electrons. The van der Waals surface area contributed by atoms with Crippen molar-refractivity contribution in [1.82, 2.24) is 5.32 Å². The lowest BCUT2D eigenvalue weighted by atomic mass is 10.2. The third-order valence-corrected chi connectivity index (χ3v) is 5.45. The number of nitrogens with one attached hydrogen (secondary N) is 2. The Kier molecular flexibility index (Phi) is 6.50. The molecule has 0 saturated carbocycles. The van der Waals surface area contributed by atoms with Gasteiger partial charge in [-0.2, -0.15) is 8.42 Å². The van der Waals surface area contributed by atoms with Gasteiger partial charge in [-0.25, -0.2) is 0 Å². The molecule has 0 aliphatic carbocycles. The van der Waals surface area contributed by atoms with Crippen LogP contribution in [-0.2, 0) is 10.0 Å². The molecule has 0 saturated heterocycles. The minimum atomic E-state index is -3.96. The largest absolute Gasteiger partial charge is 0.369 e. The summed E-state index contributed by atoms with van der Waals surface area (Å²) in [5.41, 5.74) is 11.2. The minimum absolute atomic E-state index is 0.0782. The van der Waals surface area contributed by atoms with Crippen LogP contribution in [-0.4, -0.2) is 25.4 Å². The summed E-state index contributed by atoms with van der Waals surface area (Å²) < 4.78 is 27.7. The van der Waals surface area contributed by atoms with Gasteiger partial charge >= 0.3 is 0 Å². The molecule has 6 N–H and O–H groups in total. The van der Waals surface area contributed by atoms with E-state index in [1.807, 2.05) is 12.1 Å². The zero-order chi connectivity index (χ0) is 19.3. The highest BCUT2D eigenvalue weighted by atomic mass is 127. The summed E-state index contributed by atoms with van der Waals surface area (Å²) in [7, 11) is -3.96. The number of hydrogen-bond acceptors (Lipinski definition) is 4. The van der Waals surface area contributed by atoms with Gasteiger partial charge in [0.1, 0.15) is 0 Å². The Morgan fingerprint density at radius 2 is 1.69 bits per heavy atom. The van der Waals surface area contributed by atoms with Gasteiger partial charge < -0.3 is 16.8 Å². The predicted octanol–water partition coefficient (Wildman–Crippen LogP) is 1.38. The summed E-state index contributed by atoms with van der Waals surface area (Å²) in [5, 5.41) is 5.44. The topological polar surface area (TPSA) is 140 Å². The molecular weight excluding hydrogens is 489 g/mol. The number of nitrogens with zero attached hydrogens (tertiary/aromatic N) is 1. The zero-order valence-electron chi connectivity index (χ0n) is 13.1. The molecule has 0 atom stereocenters. The summed E-state index contributed by atoms with van der Waals surface area (Å²) in [5.74, 6) is -0.897. The number of sulfonamides is 1. The lowest BCUT2D eigenvalue weighted by Crippen LogP contribution is -2.34. The molecule has 11 heteroatoms. The first-order chi connectivity index (χ1) is 12.2. The summed E-state index contributed by atoms with van der Waals surface area (Å²) in [6, 6.07) is 12.6. The summed E-state index contributed by atoms with van der Waals surface area (Å²) in [4.78, 5) is 12.1. The van der Waals surface area contributed by atoms with Gasteiger partial charge in [0.2, 0.25) is 5.96 Å². The molecule has 2 rings (SSSR count). The van der Waals surface area contributed by atoms with Gasteiger partial charge in [0.15, 0.2) is 5.11 Å². The smallest absolute Gasteiger partial charge is 0.285 e. The van der Waals surface area contributed by atoms with E-state index >= 15 is 0 Å². The van der Waals surface area contributed by atoms with Gasteiger partial charge in [0.25, 0.3) is 15.9 Å². The monoisotopic (exact) mass is 503 g/mol. The number of amides is 1. The second-order valence-corrected chi connectivity index (χ2v) is 8.08. The molecule has 1 amide bonds. The average molecular weight is 503 g/mol. The van der Waals surface area contributed by atoms with E-state index in [0.29, 0.717) is 11.3 Å².